The Balaban J connectivity index is 0.00000140. The van der Waals surface area contributed by atoms with Crippen LogP contribution >= 0.6 is 24.8 Å². The van der Waals surface area contributed by atoms with Crippen molar-refractivity contribution >= 4 is 30.7 Å². The number of hydrogen-bond donors (Lipinski definition) is 2. The monoisotopic (exact) mass is 427 g/mol. The van der Waals surface area contributed by atoms with Crippen LogP contribution in [0, 0.1) is 23.7 Å². The normalized spacial score (nSPS) is 29.8. The van der Waals surface area contributed by atoms with Crippen LogP contribution in [0.15, 0.2) is 24.3 Å². The molecule has 1 aromatic rings. The van der Waals surface area contributed by atoms with E-state index < -0.39 is 0 Å². The molecule has 4 unspecified atom stereocenters. The van der Waals surface area contributed by atoms with Gasteiger partial charge >= 0.3 is 0 Å². The summed E-state index contributed by atoms with van der Waals surface area (Å²) in [7, 11) is 0. The maximum Gasteiger partial charge on any atom is 0.225 e. The lowest BCUT2D eigenvalue weighted by Crippen LogP contribution is -2.45. The predicted molar refractivity (Wildman–Crippen MR) is 119 cm³/mol. The van der Waals surface area contributed by atoms with Gasteiger partial charge < -0.3 is 11.1 Å². The molecule has 0 spiro atoms. The van der Waals surface area contributed by atoms with Crippen LogP contribution in [0.25, 0.3) is 0 Å². The summed E-state index contributed by atoms with van der Waals surface area (Å²) in [6, 6.07) is 8.62. The Kier molecular flexibility index (Phi) is 8.62. The molecule has 0 aromatic heterocycles. The molecule has 3 aliphatic rings. The first-order chi connectivity index (χ1) is 12.6. The Morgan fingerprint density at radius 3 is 2.36 bits per heavy atom. The zero-order valence-electron chi connectivity index (χ0n) is 16.8. The van der Waals surface area contributed by atoms with Crippen molar-refractivity contribution in [1.82, 2.24) is 10.2 Å². The fourth-order valence-electron chi connectivity index (χ4n) is 5.37. The number of nitrogens with zero attached hydrogens (tertiary/aromatic N) is 1. The number of benzene rings is 1. The molecular weight excluding hydrogens is 393 g/mol. The molecule has 1 heterocycles. The van der Waals surface area contributed by atoms with Crippen molar-refractivity contribution in [3.8, 4) is 0 Å². The summed E-state index contributed by atoms with van der Waals surface area (Å²) in [5.41, 5.74) is 8.92. The molecule has 2 saturated carbocycles. The molecule has 3 fully saturated rings. The molecule has 3 N–H and O–H groups in total. The van der Waals surface area contributed by atoms with Gasteiger partial charge in [0.05, 0.1) is 5.92 Å². The van der Waals surface area contributed by atoms with Crippen LogP contribution in [0.2, 0.25) is 0 Å². The maximum atomic E-state index is 12.8. The van der Waals surface area contributed by atoms with Gasteiger partial charge in [0.15, 0.2) is 0 Å². The molecule has 4 atom stereocenters. The van der Waals surface area contributed by atoms with E-state index in [1.807, 2.05) is 0 Å². The quantitative estimate of drug-likeness (QED) is 0.751. The Morgan fingerprint density at radius 1 is 1.07 bits per heavy atom. The fourth-order valence-corrected chi connectivity index (χ4v) is 5.37. The third kappa shape index (κ3) is 5.02. The standard InChI is InChI=1S/C22H33N3O.2ClH/c1-15-8-10-25(11-9-15)14-19-5-3-2-4-18(19)13-24-22(26)20-16-6-7-17(12-16)21(20)23;;/h2-5,15-17,20-21H,6-14,23H2,1H3,(H,24,26);2*1H. The van der Waals surface area contributed by atoms with Gasteiger partial charge in [-0.15, -0.1) is 24.8 Å². The van der Waals surface area contributed by atoms with E-state index in [4.69, 9.17) is 5.73 Å². The summed E-state index contributed by atoms with van der Waals surface area (Å²) in [4.78, 5) is 15.3. The number of nitrogens with two attached hydrogens (primary N) is 1. The Hall–Kier alpha value is -0.810. The molecule has 4 rings (SSSR count). The molecule has 1 saturated heterocycles. The summed E-state index contributed by atoms with van der Waals surface area (Å²) < 4.78 is 0. The molecule has 1 aromatic carbocycles. The zero-order valence-corrected chi connectivity index (χ0v) is 18.4. The van der Waals surface area contributed by atoms with E-state index in [1.54, 1.807) is 0 Å². The van der Waals surface area contributed by atoms with Crippen LogP contribution < -0.4 is 11.1 Å². The second-order valence-corrected chi connectivity index (χ2v) is 8.88. The molecule has 2 bridgehead atoms. The number of hydrogen-bond acceptors (Lipinski definition) is 3. The van der Waals surface area contributed by atoms with Crippen molar-refractivity contribution in [3.63, 3.8) is 0 Å². The highest BCUT2D eigenvalue weighted by Gasteiger charge is 2.48. The molecule has 0 radical (unpaired) electrons. The molecule has 1 amide bonds. The summed E-state index contributed by atoms with van der Waals surface area (Å²) >= 11 is 0. The van der Waals surface area contributed by atoms with Gasteiger partial charge in [0, 0.05) is 19.1 Å². The molecule has 4 nitrogen and oxygen atoms in total. The van der Waals surface area contributed by atoms with E-state index in [9.17, 15) is 4.79 Å². The number of halogens is 2. The van der Waals surface area contributed by atoms with Crippen molar-refractivity contribution in [3.05, 3.63) is 35.4 Å². The molecule has 28 heavy (non-hydrogen) atoms. The minimum absolute atomic E-state index is 0. The van der Waals surface area contributed by atoms with Gasteiger partial charge in [-0.05, 0) is 74.1 Å². The highest BCUT2D eigenvalue weighted by molar-refractivity contribution is 5.85. The summed E-state index contributed by atoms with van der Waals surface area (Å²) in [6.07, 6.45) is 6.14. The number of amides is 1. The average Bonchev–Trinajstić information content (AvgIpc) is 3.24. The van der Waals surface area contributed by atoms with Gasteiger partial charge in [-0.25, -0.2) is 0 Å². The lowest BCUT2D eigenvalue weighted by atomic mass is 9.84. The largest absolute Gasteiger partial charge is 0.352 e. The molecule has 158 valence electrons. The van der Waals surface area contributed by atoms with Crippen LogP contribution in [-0.4, -0.2) is 29.9 Å². The summed E-state index contributed by atoms with van der Waals surface area (Å²) in [5, 5.41) is 3.20. The Bertz CT molecular complexity index is 646. The average molecular weight is 428 g/mol. The van der Waals surface area contributed by atoms with Gasteiger partial charge in [-0.1, -0.05) is 31.2 Å². The van der Waals surface area contributed by atoms with Crippen LogP contribution in [-0.2, 0) is 17.9 Å². The third-order valence-electron chi connectivity index (χ3n) is 7.13. The van der Waals surface area contributed by atoms with Gasteiger partial charge in [0.2, 0.25) is 5.91 Å². The van der Waals surface area contributed by atoms with Crippen LogP contribution in [0.5, 0.6) is 0 Å². The minimum Gasteiger partial charge on any atom is -0.352 e. The number of likely N-dealkylation sites (tertiary alicyclic amines) is 1. The molecule has 1 aliphatic heterocycles. The Labute approximate surface area is 181 Å². The number of rotatable bonds is 5. The van der Waals surface area contributed by atoms with E-state index in [2.05, 4.69) is 41.4 Å². The highest BCUT2D eigenvalue weighted by atomic mass is 35.5. The molecule has 2 aliphatic carbocycles. The van der Waals surface area contributed by atoms with Crippen molar-refractivity contribution in [2.45, 2.75) is 58.2 Å². The van der Waals surface area contributed by atoms with E-state index >= 15 is 0 Å². The van der Waals surface area contributed by atoms with Crippen molar-refractivity contribution in [2.75, 3.05) is 13.1 Å². The number of carbonyl (C=O) groups excluding carboxylic acids is 1. The third-order valence-corrected chi connectivity index (χ3v) is 7.13. The number of carbonyl (C=O) groups is 1. The first-order valence-corrected chi connectivity index (χ1v) is 10.4. The maximum absolute atomic E-state index is 12.8. The lowest BCUT2D eigenvalue weighted by Gasteiger charge is -2.31. The topological polar surface area (TPSA) is 58.4 Å². The first kappa shape index (κ1) is 23.5. The van der Waals surface area contributed by atoms with Crippen LogP contribution in [0.1, 0.15) is 50.2 Å². The number of fused-ring (bicyclic) bond motifs is 2. The van der Waals surface area contributed by atoms with E-state index in [0.29, 0.717) is 18.4 Å². The van der Waals surface area contributed by atoms with Crippen molar-refractivity contribution in [1.29, 1.82) is 0 Å². The molecular formula is C22H35Cl2N3O. The SMILES string of the molecule is CC1CCN(Cc2ccccc2CNC(=O)C2C3CCC(C3)C2N)CC1.Cl.Cl. The van der Waals surface area contributed by atoms with Gasteiger partial charge in [-0.3, -0.25) is 9.69 Å². The van der Waals surface area contributed by atoms with Gasteiger partial charge in [0.1, 0.15) is 0 Å². The second-order valence-electron chi connectivity index (χ2n) is 8.88. The van der Waals surface area contributed by atoms with Gasteiger partial charge in [-0.2, -0.15) is 0 Å². The van der Waals surface area contributed by atoms with Crippen molar-refractivity contribution < 1.29 is 4.79 Å². The van der Waals surface area contributed by atoms with Crippen LogP contribution in [0.4, 0.5) is 0 Å². The van der Waals surface area contributed by atoms with Crippen LogP contribution in [0.3, 0.4) is 0 Å². The van der Waals surface area contributed by atoms with Crippen molar-refractivity contribution in [2.24, 2.45) is 29.4 Å². The highest BCUT2D eigenvalue weighted by Crippen LogP contribution is 2.47. The Morgan fingerprint density at radius 2 is 1.71 bits per heavy atom. The predicted octanol–water partition coefficient (Wildman–Crippen LogP) is 3.75. The smallest absolute Gasteiger partial charge is 0.225 e. The second kappa shape index (κ2) is 10.3. The minimum atomic E-state index is 0. The number of piperidine rings is 1. The van der Waals surface area contributed by atoms with E-state index in [0.717, 1.165) is 18.9 Å². The van der Waals surface area contributed by atoms with Gasteiger partial charge in [0.25, 0.3) is 0 Å². The summed E-state index contributed by atoms with van der Waals surface area (Å²) in [5.74, 6) is 2.15. The molecule has 6 heteroatoms. The van der Waals surface area contributed by atoms with E-state index in [-0.39, 0.29) is 42.7 Å². The summed E-state index contributed by atoms with van der Waals surface area (Å²) in [6.45, 7) is 6.33. The first-order valence-electron chi connectivity index (χ1n) is 10.4. The fraction of sp³-hybridized carbons (Fsp3) is 0.682. The zero-order chi connectivity index (χ0) is 18.1. The lowest BCUT2D eigenvalue weighted by molar-refractivity contribution is -0.127. The van der Waals surface area contributed by atoms with E-state index in [1.165, 1.54) is 49.9 Å². The number of nitrogens with one attached hydrogen (secondary N) is 1.